The molecule has 0 atom stereocenters. The number of ether oxygens (including phenoxy) is 2. The zero-order valence-electron chi connectivity index (χ0n) is 21.5. The third kappa shape index (κ3) is 7.83. The molecule has 10 heteroatoms. The highest BCUT2D eigenvalue weighted by atomic mass is 19.3. The Labute approximate surface area is 215 Å². The molecule has 0 spiro atoms. The van der Waals surface area contributed by atoms with E-state index in [1.54, 1.807) is 67.8 Å². The standard InChI is InChI=1S/C25H25F2N5O3.C2H6/c1-29-13-17-12-18(6-9-21(17)28)32(2)31-22-10-11-24(35-15-23(26)27)30-25(22)20(14-33)16-4-7-19(34-3)8-5-16;1-2/h4-14,23H,15,28H2,1-3H3;1-2H3/b25-20-,29-13?,31-22-;. The summed E-state index contributed by atoms with van der Waals surface area (Å²) < 4.78 is 35.6. The Hall–Kier alpha value is -4.34. The van der Waals surface area contributed by atoms with Crippen LogP contribution in [0.2, 0.25) is 0 Å². The maximum atomic E-state index is 12.7. The second-order valence-corrected chi connectivity index (χ2v) is 7.30. The molecule has 0 fully saturated rings. The number of rotatable bonds is 8. The molecule has 37 heavy (non-hydrogen) atoms. The molecule has 0 radical (unpaired) electrons. The van der Waals surface area contributed by atoms with Gasteiger partial charge in [-0.2, -0.15) is 5.10 Å². The number of methoxy groups -OCH3 is 1. The van der Waals surface area contributed by atoms with Crippen molar-refractivity contribution in [3.05, 3.63) is 71.4 Å². The number of nitrogens with two attached hydrogens (primary N) is 1. The van der Waals surface area contributed by atoms with Gasteiger partial charge >= 0.3 is 0 Å². The molecule has 0 saturated carbocycles. The molecule has 0 bridgehead atoms. The van der Waals surface area contributed by atoms with Crippen LogP contribution in [-0.2, 0) is 9.53 Å². The van der Waals surface area contributed by atoms with Gasteiger partial charge < -0.3 is 15.2 Å². The lowest BCUT2D eigenvalue weighted by Gasteiger charge is -2.19. The minimum Gasteiger partial charge on any atom is -0.497 e. The fourth-order valence-corrected chi connectivity index (χ4v) is 3.21. The van der Waals surface area contributed by atoms with Crippen molar-refractivity contribution in [1.82, 2.24) is 0 Å². The van der Waals surface area contributed by atoms with Crippen molar-refractivity contribution < 1.29 is 23.0 Å². The fraction of sp³-hybridized carbons (Fsp3) is 0.259. The van der Waals surface area contributed by atoms with Gasteiger partial charge in [0.25, 0.3) is 6.43 Å². The van der Waals surface area contributed by atoms with Crippen LogP contribution in [0.15, 0.2) is 75.4 Å². The van der Waals surface area contributed by atoms with E-state index in [0.717, 1.165) is 5.56 Å². The van der Waals surface area contributed by atoms with E-state index in [0.29, 0.717) is 34.7 Å². The Bertz CT molecular complexity index is 1220. The molecule has 0 saturated heterocycles. The van der Waals surface area contributed by atoms with E-state index in [2.05, 4.69) is 15.1 Å². The molecule has 2 N–H and O–H groups in total. The highest BCUT2D eigenvalue weighted by molar-refractivity contribution is 6.25. The normalized spacial score (nSPS) is 15.2. The van der Waals surface area contributed by atoms with Crippen molar-refractivity contribution in [2.75, 3.05) is 38.6 Å². The summed E-state index contributed by atoms with van der Waals surface area (Å²) >= 11 is 0. The highest BCUT2D eigenvalue weighted by Crippen LogP contribution is 2.26. The van der Waals surface area contributed by atoms with Crippen molar-refractivity contribution in [3.63, 3.8) is 0 Å². The number of carbonyl (C=O) groups excluding carboxylic acids is 1. The quantitative estimate of drug-likeness (QED) is 0.177. The molecule has 3 rings (SSSR count). The first-order chi connectivity index (χ1) is 17.9. The van der Waals surface area contributed by atoms with E-state index >= 15 is 0 Å². The summed E-state index contributed by atoms with van der Waals surface area (Å²) in [5.74, 6) is 0.559. The number of aliphatic imine (C=N–C) groups is 2. The van der Waals surface area contributed by atoms with Crippen molar-refractivity contribution in [1.29, 1.82) is 0 Å². The van der Waals surface area contributed by atoms with Crippen LogP contribution in [-0.4, -0.2) is 58.3 Å². The van der Waals surface area contributed by atoms with Crippen molar-refractivity contribution >= 4 is 41.1 Å². The van der Waals surface area contributed by atoms with Gasteiger partial charge in [0.05, 0.1) is 12.8 Å². The molecule has 0 unspecified atom stereocenters. The minimum atomic E-state index is -2.67. The number of benzene rings is 2. The fourth-order valence-electron chi connectivity index (χ4n) is 3.21. The first-order valence-corrected chi connectivity index (χ1v) is 11.5. The Morgan fingerprint density at radius 1 is 1.16 bits per heavy atom. The number of hydrazone groups is 1. The maximum absolute atomic E-state index is 12.7. The lowest BCUT2D eigenvalue weighted by atomic mass is 10.0. The average Bonchev–Trinajstić information content (AvgIpc) is 2.91. The number of carbonyl (C=O) groups is 1. The van der Waals surface area contributed by atoms with Gasteiger partial charge in [-0.05, 0) is 42.0 Å². The van der Waals surface area contributed by atoms with Crippen LogP contribution in [0.5, 0.6) is 5.75 Å². The predicted octanol–water partition coefficient (Wildman–Crippen LogP) is 5.00. The summed E-state index contributed by atoms with van der Waals surface area (Å²) in [6.45, 7) is 3.18. The van der Waals surface area contributed by atoms with E-state index in [-0.39, 0.29) is 17.2 Å². The zero-order chi connectivity index (χ0) is 27.4. The maximum Gasteiger partial charge on any atom is 0.272 e. The molecule has 8 nitrogen and oxygen atoms in total. The first kappa shape index (κ1) is 28.9. The van der Waals surface area contributed by atoms with Gasteiger partial charge in [-0.1, -0.05) is 26.0 Å². The number of halogens is 2. The largest absolute Gasteiger partial charge is 0.497 e. The lowest BCUT2D eigenvalue weighted by molar-refractivity contribution is -0.103. The summed E-state index contributed by atoms with van der Waals surface area (Å²) in [6.07, 6.45) is 2.58. The zero-order valence-corrected chi connectivity index (χ0v) is 21.5. The SMILES string of the molecule is CC.CN=Cc1cc(N(C)/N=C2/C=CC(OCC(F)F)=N/C2=C(/C=O)c2ccc(OC)cc2)ccc1N. The average molecular weight is 512 g/mol. The van der Waals surface area contributed by atoms with E-state index in [4.69, 9.17) is 15.2 Å². The molecule has 0 aliphatic carbocycles. The molecule has 1 aliphatic rings. The summed E-state index contributed by atoms with van der Waals surface area (Å²) in [5.41, 5.74) is 9.24. The molecule has 1 heterocycles. The number of hydrogen-bond acceptors (Lipinski definition) is 8. The summed E-state index contributed by atoms with van der Waals surface area (Å²) in [6, 6.07) is 12.1. The molecule has 1 aliphatic heterocycles. The van der Waals surface area contributed by atoms with E-state index in [1.807, 2.05) is 19.9 Å². The molecule has 2 aromatic rings. The van der Waals surface area contributed by atoms with Crippen LogP contribution in [0.25, 0.3) is 5.57 Å². The summed E-state index contributed by atoms with van der Waals surface area (Å²) in [4.78, 5) is 20.5. The number of aldehydes is 1. The Balaban J connectivity index is 0.00000235. The lowest BCUT2D eigenvalue weighted by Crippen LogP contribution is -2.19. The summed E-state index contributed by atoms with van der Waals surface area (Å²) in [7, 11) is 4.90. The van der Waals surface area contributed by atoms with Crippen molar-refractivity contribution in [2.45, 2.75) is 20.3 Å². The minimum absolute atomic E-state index is 0.0521. The van der Waals surface area contributed by atoms with Gasteiger partial charge in [0, 0.05) is 43.2 Å². The van der Waals surface area contributed by atoms with Gasteiger partial charge in [-0.15, -0.1) is 0 Å². The van der Waals surface area contributed by atoms with Gasteiger partial charge in [-0.25, -0.2) is 13.8 Å². The Morgan fingerprint density at radius 3 is 2.46 bits per heavy atom. The van der Waals surface area contributed by atoms with Gasteiger partial charge in [0.2, 0.25) is 5.90 Å². The Morgan fingerprint density at radius 2 is 1.86 bits per heavy atom. The monoisotopic (exact) mass is 511 g/mol. The van der Waals surface area contributed by atoms with Crippen LogP contribution in [0, 0.1) is 0 Å². The van der Waals surface area contributed by atoms with E-state index in [1.165, 1.54) is 13.2 Å². The molecule has 0 aromatic heterocycles. The second kappa shape index (κ2) is 14.3. The summed E-state index contributed by atoms with van der Waals surface area (Å²) in [5, 5.41) is 6.19. The number of anilines is 2. The molecular weight excluding hydrogens is 480 g/mol. The highest BCUT2D eigenvalue weighted by Gasteiger charge is 2.20. The first-order valence-electron chi connectivity index (χ1n) is 11.5. The smallest absolute Gasteiger partial charge is 0.272 e. The van der Waals surface area contributed by atoms with Gasteiger partial charge in [0.1, 0.15) is 17.2 Å². The van der Waals surface area contributed by atoms with E-state index in [9.17, 15) is 13.6 Å². The number of allylic oxidation sites excluding steroid dienone is 2. The van der Waals surface area contributed by atoms with Gasteiger partial charge in [-0.3, -0.25) is 14.8 Å². The van der Waals surface area contributed by atoms with Crippen molar-refractivity contribution in [3.8, 4) is 5.75 Å². The number of nitrogens with zero attached hydrogens (tertiary/aromatic N) is 4. The third-order valence-electron chi connectivity index (χ3n) is 4.95. The van der Waals surface area contributed by atoms with Crippen LogP contribution < -0.4 is 15.5 Å². The topological polar surface area (TPSA) is 102 Å². The molecule has 196 valence electrons. The third-order valence-corrected chi connectivity index (χ3v) is 4.95. The molecular formula is C27H31F2N5O3. The predicted molar refractivity (Wildman–Crippen MR) is 146 cm³/mol. The Kier molecular flexibility index (Phi) is 11.1. The number of dihydropyridines is 1. The second-order valence-electron chi connectivity index (χ2n) is 7.30. The number of nitrogen functional groups attached to an aromatic ring is 1. The number of alkyl halides is 2. The van der Waals surface area contributed by atoms with Gasteiger partial charge in [0.15, 0.2) is 12.9 Å². The molecule has 2 aromatic carbocycles. The van der Waals surface area contributed by atoms with Crippen LogP contribution >= 0.6 is 0 Å². The van der Waals surface area contributed by atoms with Crippen LogP contribution in [0.4, 0.5) is 20.2 Å². The molecule has 0 amide bonds. The van der Waals surface area contributed by atoms with Crippen LogP contribution in [0.1, 0.15) is 25.0 Å². The van der Waals surface area contributed by atoms with Crippen LogP contribution in [0.3, 0.4) is 0 Å². The number of hydrogen-bond donors (Lipinski definition) is 1. The van der Waals surface area contributed by atoms with Crippen molar-refractivity contribution in [2.24, 2.45) is 15.1 Å². The van der Waals surface area contributed by atoms with E-state index < -0.39 is 13.0 Å².